The maximum absolute atomic E-state index is 11.9. The Morgan fingerprint density at radius 2 is 2.10 bits per heavy atom. The standard InChI is InChI=1S/C13H23N5OS/c1-3-12-16-17-13(20-12)8-15-11(19)9-18(2)10-4-6-14-7-5-10/h10,14H,3-9H2,1-2H3,(H,15,19). The molecular weight excluding hydrogens is 274 g/mol. The molecule has 2 N–H and O–H groups in total. The van der Waals surface area contributed by atoms with E-state index in [0.29, 0.717) is 19.1 Å². The predicted molar refractivity (Wildman–Crippen MR) is 79.7 cm³/mol. The van der Waals surface area contributed by atoms with Crippen LogP contribution in [0, 0.1) is 0 Å². The van der Waals surface area contributed by atoms with Gasteiger partial charge in [-0.2, -0.15) is 0 Å². The zero-order chi connectivity index (χ0) is 14.4. The number of nitrogens with zero attached hydrogens (tertiary/aromatic N) is 3. The first kappa shape index (κ1) is 15.3. The number of piperidine rings is 1. The Kier molecular flexibility index (Phi) is 5.87. The van der Waals surface area contributed by atoms with E-state index in [-0.39, 0.29) is 5.91 Å². The third-order valence-electron chi connectivity index (χ3n) is 3.57. The molecule has 0 radical (unpaired) electrons. The summed E-state index contributed by atoms with van der Waals surface area (Å²) in [5.41, 5.74) is 0. The Morgan fingerprint density at radius 3 is 2.75 bits per heavy atom. The van der Waals surface area contributed by atoms with Crippen LogP contribution in [0.5, 0.6) is 0 Å². The molecule has 20 heavy (non-hydrogen) atoms. The minimum absolute atomic E-state index is 0.0549. The maximum Gasteiger partial charge on any atom is 0.234 e. The fourth-order valence-corrected chi connectivity index (χ4v) is 3.06. The smallest absolute Gasteiger partial charge is 0.234 e. The normalized spacial score (nSPS) is 16.6. The predicted octanol–water partition coefficient (Wildman–Crippen LogP) is 0.401. The molecule has 2 rings (SSSR count). The average Bonchev–Trinajstić information content (AvgIpc) is 2.94. The van der Waals surface area contributed by atoms with Crippen molar-refractivity contribution in [3.63, 3.8) is 0 Å². The second-order valence-corrected chi connectivity index (χ2v) is 6.26. The lowest BCUT2D eigenvalue weighted by Crippen LogP contribution is -2.45. The van der Waals surface area contributed by atoms with Crippen molar-refractivity contribution in [3.8, 4) is 0 Å². The Labute approximate surface area is 124 Å². The molecule has 1 aliphatic heterocycles. The van der Waals surface area contributed by atoms with Gasteiger partial charge in [0.1, 0.15) is 10.0 Å². The number of carbonyl (C=O) groups excluding carboxylic acids is 1. The van der Waals surface area contributed by atoms with Crippen molar-refractivity contribution in [3.05, 3.63) is 10.0 Å². The minimum atomic E-state index is 0.0549. The van der Waals surface area contributed by atoms with Crippen LogP contribution in [-0.4, -0.2) is 53.7 Å². The van der Waals surface area contributed by atoms with Gasteiger partial charge in [0.2, 0.25) is 5.91 Å². The monoisotopic (exact) mass is 297 g/mol. The molecule has 7 heteroatoms. The molecule has 0 bridgehead atoms. The van der Waals surface area contributed by atoms with Gasteiger partial charge in [-0.1, -0.05) is 18.3 Å². The van der Waals surface area contributed by atoms with E-state index in [1.165, 1.54) is 0 Å². The van der Waals surface area contributed by atoms with Crippen molar-refractivity contribution < 1.29 is 4.79 Å². The summed E-state index contributed by atoms with van der Waals surface area (Å²) in [5.74, 6) is 0.0549. The zero-order valence-electron chi connectivity index (χ0n) is 12.2. The van der Waals surface area contributed by atoms with Gasteiger partial charge in [-0.05, 0) is 39.4 Å². The maximum atomic E-state index is 11.9. The Balaban J connectivity index is 1.71. The highest BCUT2D eigenvalue weighted by atomic mass is 32.1. The summed E-state index contributed by atoms with van der Waals surface area (Å²) < 4.78 is 0. The largest absolute Gasteiger partial charge is 0.348 e. The number of amides is 1. The molecule has 0 unspecified atom stereocenters. The van der Waals surface area contributed by atoms with Gasteiger partial charge in [0.15, 0.2) is 0 Å². The molecule has 6 nitrogen and oxygen atoms in total. The number of aromatic nitrogens is 2. The lowest BCUT2D eigenvalue weighted by molar-refractivity contribution is -0.122. The SMILES string of the molecule is CCc1nnc(CNC(=O)CN(C)C2CCNCC2)s1. The molecule has 2 heterocycles. The summed E-state index contributed by atoms with van der Waals surface area (Å²) >= 11 is 1.56. The Hall–Kier alpha value is -1.05. The van der Waals surface area contributed by atoms with E-state index >= 15 is 0 Å². The van der Waals surface area contributed by atoms with Crippen molar-refractivity contribution in [2.24, 2.45) is 0 Å². The number of hydrogen-bond donors (Lipinski definition) is 2. The molecule has 1 amide bonds. The molecule has 1 aliphatic rings. The lowest BCUT2D eigenvalue weighted by atomic mass is 10.1. The van der Waals surface area contributed by atoms with Gasteiger partial charge < -0.3 is 10.6 Å². The summed E-state index contributed by atoms with van der Waals surface area (Å²) in [7, 11) is 2.02. The van der Waals surface area contributed by atoms with E-state index in [2.05, 4.69) is 32.7 Å². The van der Waals surface area contributed by atoms with E-state index in [1.54, 1.807) is 11.3 Å². The van der Waals surface area contributed by atoms with Gasteiger partial charge in [0.05, 0.1) is 13.1 Å². The second kappa shape index (κ2) is 7.66. The van der Waals surface area contributed by atoms with Crippen LogP contribution >= 0.6 is 11.3 Å². The van der Waals surface area contributed by atoms with Crippen LogP contribution in [0.25, 0.3) is 0 Å². The quantitative estimate of drug-likeness (QED) is 0.795. The first-order chi connectivity index (χ1) is 9.69. The highest BCUT2D eigenvalue weighted by molar-refractivity contribution is 7.11. The summed E-state index contributed by atoms with van der Waals surface area (Å²) in [6.45, 7) is 5.07. The van der Waals surface area contributed by atoms with Crippen molar-refractivity contribution >= 4 is 17.2 Å². The van der Waals surface area contributed by atoms with Crippen LogP contribution in [0.15, 0.2) is 0 Å². The zero-order valence-corrected chi connectivity index (χ0v) is 13.0. The molecule has 0 spiro atoms. The molecular formula is C13H23N5OS. The number of carbonyl (C=O) groups is 1. The van der Waals surface area contributed by atoms with E-state index in [4.69, 9.17) is 0 Å². The molecule has 1 aromatic heterocycles. The molecule has 0 saturated carbocycles. The summed E-state index contributed by atoms with van der Waals surface area (Å²) in [6, 6.07) is 0.509. The number of rotatable bonds is 6. The second-order valence-electron chi connectivity index (χ2n) is 5.12. The minimum Gasteiger partial charge on any atom is -0.348 e. The van der Waals surface area contributed by atoms with Crippen LogP contribution in [-0.2, 0) is 17.8 Å². The molecule has 0 aromatic carbocycles. The summed E-state index contributed by atoms with van der Waals surface area (Å²) in [6.07, 6.45) is 3.12. The van der Waals surface area contributed by atoms with Crippen LogP contribution in [0.4, 0.5) is 0 Å². The van der Waals surface area contributed by atoms with E-state index in [0.717, 1.165) is 42.4 Å². The van der Waals surface area contributed by atoms with Crippen LogP contribution in [0.2, 0.25) is 0 Å². The van der Waals surface area contributed by atoms with E-state index in [9.17, 15) is 4.79 Å². The Bertz CT molecular complexity index is 430. The molecule has 0 aliphatic carbocycles. The van der Waals surface area contributed by atoms with Gasteiger partial charge in [-0.25, -0.2) is 0 Å². The third-order valence-corrected chi connectivity index (χ3v) is 4.64. The van der Waals surface area contributed by atoms with Crippen LogP contribution in [0.1, 0.15) is 29.8 Å². The molecule has 112 valence electrons. The number of hydrogen-bond acceptors (Lipinski definition) is 6. The third kappa shape index (κ3) is 4.50. The lowest BCUT2D eigenvalue weighted by Gasteiger charge is -2.31. The summed E-state index contributed by atoms with van der Waals surface area (Å²) in [4.78, 5) is 14.1. The number of likely N-dealkylation sites (N-methyl/N-ethyl adjacent to an activating group) is 1. The van der Waals surface area contributed by atoms with Gasteiger partial charge in [0.25, 0.3) is 0 Å². The molecule has 1 fully saturated rings. The number of nitrogens with one attached hydrogen (secondary N) is 2. The van der Waals surface area contributed by atoms with Crippen LogP contribution < -0.4 is 10.6 Å². The first-order valence-corrected chi connectivity index (χ1v) is 7.99. The first-order valence-electron chi connectivity index (χ1n) is 7.18. The van der Waals surface area contributed by atoms with Crippen LogP contribution in [0.3, 0.4) is 0 Å². The molecule has 0 atom stereocenters. The Morgan fingerprint density at radius 1 is 1.40 bits per heavy atom. The average molecular weight is 297 g/mol. The fraction of sp³-hybridized carbons (Fsp3) is 0.769. The van der Waals surface area contributed by atoms with Crippen molar-refractivity contribution in [1.29, 1.82) is 0 Å². The van der Waals surface area contributed by atoms with Gasteiger partial charge in [-0.3, -0.25) is 9.69 Å². The van der Waals surface area contributed by atoms with Gasteiger partial charge in [-0.15, -0.1) is 10.2 Å². The van der Waals surface area contributed by atoms with Crippen molar-refractivity contribution in [2.75, 3.05) is 26.7 Å². The topological polar surface area (TPSA) is 70.2 Å². The fourth-order valence-electron chi connectivity index (χ4n) is 2.34. The highest BCUT2D eigenvalue weighted by Crippen LogP contribution is 2.10. The van der Waals surface area contributed by atoms with Gasteiger partial charge >= 0.3 is 0 Å². The van der Waals surface area contributed by atoms with Gasteiger partial charge in [0, 0.05) is 6.04 Å². The van der Waals surface area contributed by atoms with Crippen molar-refractivity contribution in [1.82, 2.24) is 25.7 Å². The molecule has 1 aromatic rings. The summed E-state index contributed by atoms with van der Waals surface area (Å²) in [5, 5.41) is 16.3. The van der Waals surface area contributed by atoms with Crippen molar-refractivity contribution in [2.45, 2.75) is 38.8 Å². The molecule has 1 saturated heterocycles. The van der Waals surface area contributed by atoms with E-state index in [1.807, 2.05) is 7.05 Å². The highest BCUT2D eigenvalue weighted by Gasteiger charge is 2.19. The number of aryl methyl sites for hydroxylation is 1. The van der Waals surface area contributed by atoms with E-state index < -0.39 is 0 Å².